The van der Waals surface area contributed by atoms with Gasteiger partial charge in [0.25, 0.3) is 11.6 Å². The Morgan fingerprint density at radius 1 is 1.08 bits per heavy atom. The number of likely N-dealkylation sites (tertiary alicyclic amines) is 1. The molecule has 1 unspecified atom stereocenters. The molecule has 1 aliphatic heterocycles. The lowest BCUT2D eigenvalue weighted by molar-refractivity contribution is -0.384. The van der Waals surface area contributed by atoms with Crippen molar-refractivity contribution in [1.29, 1.82) is 0 Å². The van der Waals surface area contributed by atoms with Gasteiger partial charge in [-0.15, -0.1) is 0 Å². The van der Waals surface area contributed by atoms with Crippen LogP contribution in [0.4, 0.5) is 5.69 Å². The highest BCUT2D eigenvalue weighted by molar-refractivity contribution is 5.94. The van der Waals surface area contributed by atoms with E-state index in [0.29, 0.717) is 24.6 Å². The molecule has 0 aliphatic carbocycles. The first-order valence-corrected chi connectivity index (χ1v) is 8.24. The molecular formula is C19H20N2O3. The van der Waals surface area contributed by atoms with Gasteiger partial charge in [0.1, 0.15) is 0 Å². The van der Waals surface area contributed by atoms with Gasteiger partial charge >= 0.3 is 0 Å². The molecule has 0 spiro atoms. The van der Waals surface area contributed by atoms with E-state index in [-0.39, 0.29) is 11.6 Å². The van der Waals surface area contributed by atoms with Crippen LogP contribution < -0.4 is 0 Å². The van der Waals surface area contributed by atoms with Crippen LogP contribution in [0.5, 0.6) is 0 Å². The molecule has 0 saturated carbocycles. The third-order valence-corrected chi connectivity index (χ3v) is 4.53. The van der Waals surface area contributed by atoms with Crippen LogP contribution in [0.15, 0.2) is 54.6 Å². The van der Waals surface area contributed by atoms with Crippen molar-refractivity contribution in [3.8, 4) is 0 Å². The second-order valence-electron chi connectivity index (χ2n) is 6.16. The quantitative estimate of drug-likeness (QED) is 0.633. The summed E-state index contributed by atoms with van der Waals surface area (Å²) in [5, 5.41) is 10.9. The number of nitro benzene ring substituents is 1. The molecule has 124 valence electrons. The number of carbonyl (C=O) groups is 1. The van der Waals surface area contributed by atoms with Gasteiger partial charge in [-0.1, -0.05) is 42.8 Å². The van der Waals surface area contributed by atoms with E-state index < -0.39 is 4.92 Å². The third kappa shape index (κ3) is 3.62. The predicted octanol–water partition coefficient (Wildman–Crippen LogP) is 4.00. The van der Waals surface area contributed by atoms with E-state index in [1.165, 1.54) is 17.7 Å². The number of nitrogens with zero attached hydrogens (tertiary/aromatic N) is 2. The third-order valence-electron chi connectivity index (χ3n) is 4.53. The van der Waals surface area contributed by atoms with E-state index >= 15 is 0 Å². The Kier molecular flexibility index (Phi) is 4.89. The van der Waals surface area contributed by atoms with Crippen molar-refractivity contribution in [3.63, 3.8) is 0 Å². The zero-order chi connectivity index (χ0) is 16.9. The molecule has 5 heteroatoms. The highest BCUT2D eigenvalue weighted by Crippen LogP contribution is 2.27. The standard InChI is InChI=1S/C19H20N2O3/c22-19(16-10-6-11-18(13-16)21(23)24)20-12-5-4-9-17(14-20)15-7-2-1-3-8-15/h1-3,6-8,10-11,13,17H,4-5,9,12,14H2. The van der Waals surface area contributed by atoms with E-state index in [0.717, 1.165) is 19.3 Å². The molecule has 1 fully saturated rings. The van der Waals surface area contributed by atoms with E-state index in [4.69, 9.17) is 0 Å². The molecule has 0 radical (unpaired) electrons. The zero-order valence-corrected chi connectivity index (χ0v) is 13.4. The van der Waals surface area contributed by atoms with Crippen LogP contribution in [-0.2, 0) is 0 Å². The minimum absolute atomic E-state index is 0.0460. The van der Waals surface area contributed by atoms with E-state index in [1.807, 2.05) is 23.1 Å². The summed E-state index contributed by atoms with van der Waals surface area (Å²) in [4.78, 5) is 25.1. The molecule has 0 N–H and O–H groups in total. The number of nitro groups is 1. The SMILES string of the molecule is O=C(c1cccc([N+](=O)[O-])c1)N1CCCCC(c2ccccc2)C1. The average Bonchev–Trinajstić information content (AvgIpc) is 2.88. The van der Waals surface area contributed by atoms with Gasteiger partial charge in [-0.3, -0.25) is 14.9 Å². The van der Waals surface area contributed by atoms with Crippen LogP contribution >= 0.6 is 0 Å². The van der Waals surface area contributed by atoms with Crippen LogP contribution in [0.25, 0.3) is 0 Å². The summed E-state index contributed by atoms with van der Waals surface area (Å²) in [5.41, 5.74) is 1.59. The van der Waals surface area contributed by atoms with Crippen molar-refractivity contribution in [3.05, 3.63) is 75.8 Å². The molecule has 3 rings (SSSR count). The molecule has 2 aromatic carbocycles. The summed E-state index contributed by atoms with van der Waals surface area (Å²) in [5.74, 6) is 0.192. The maximum Gasteiger partial charge on any atom is 0.270 e. The first kappa shape index (κ1) is 16.2. The highest BCUT2D eigenvalue weighted by Gasteiger charge is 2.24. The minimum Gasteiger partial charge on any atom is -0.338 e. The van der Waals surface area contributed by atoms with Crippen LogP contribution in [-0.4, -0.2) is 28.8 Å². The van der Waals surface area contributed by atoms with Gasteiger partial charge in [0.2, 0.25) is 0 Å². The van der Waals surface area contributed by atoms with Gasteiger partial charge in [-0.25, -0.2) is 0 Å². The first-order valence-electron chi connectivity index (χ1n) is 8.24. The predicted molar refractivity (Wildman–Crippen MR) is 92.0 cm³/mol. The largest absolute Gasteiger partial charge is 0.338 e. The molecule has 1 atom stereocenters. The van der Waals surface area contributed by atoms with Gasteiger partial charge in [0.15, 0.2) is 0 Å². The van der Waals surface area contributed by atoms with Crippen molar-refractivity contribution in [2.45, 2.75) is 25.2 Å². The Morgan fingerprint density at radius 2 is 1.88 bits per heavy atom. The lowest BCUT2D eigenvalue weighted by atomic mass is 9.94. The van der Waals surface area contributed by atoms with Crippen LogP contribution in [0.2, 0.25) is 0 Å². The number of hydrogen-bond acceptors (Lipinski definition) is 3. The fraction of sp³-hybridized carbons (Fsp3) is 0.316. The van der Waals surface area contributed by atoms with Crippen LogP contribution in [0.1, 0.15) is 41.1 Å². The summed E-state index contributed by atoms with van der Waals surface area (Å²) in [6.07, 6.45) is 3.10. The molecule has 1 heterocycles. The second-order valence-corrected chi connectivity index (χ2v) is 6.16. The monoisotopic (exact) mass is 324 g/mol. The summed E-state index contributed by atoms with van der Waals surface area (Å²) >= 11 is 0. The fourth-order valence-corrected chi connectivity index (χ4v) is 3.26. The Labute approximate surface area is 141 Å². The van der Waals surface area contributed by atoms with Crippen LogP contribution in [0, 0.1) is 10.1 Å². The Balaban J connectivity index is 1.81. The lowest BCUT2D eigenvalue weighted by Gasteiger charge is -2.25. The molecule has 24 heavy (non-hydrogen) atoms. The van der Waals surface area contributed by atoms with Crippen molar-refractivity contribution in [2.75, 3.05) is 13.1 Å². The zero-order valence-electron chi connectivity index (χ0n) is 13.4. The topological polar surface area (TPSA) is 63.4 Å². The van der Waals surface area contributed by atoms with Crippen molar-refractivity contribution in [2.24, 2.45) is 0 Å². The van der Waals surface area contributed by atoms with Gasteiger partial charge in [-0.05, 0) is 24.5 Å². The number of non-ortho nitro benzene ring substituents is 1. The second kappa shape index (κ2) is 7.25. The molecule has 1 amide bonds. The van der Waals surface area contributed by atoms with Crippen LogP contribution in [0.3, 0.4) is 0 Å². The van der Waals surface area contributed by atoms with E-state index in [1.54, 1.807) is 12.1 Å². The Bertz CT molecular complexity index is 730. The summed E-state index contributed by atoms with van der Waals surface area (Å²) in [6, 6.07) is 16.2. The van der Waals surface area contributed by atoms with Gasteiger partial charge in [0.05, 0.1) is 4.92 Å². The molecule has 0 aromatic heterocycles. The van der Waals surface area contributed by atoms with Gasteiger partial charge in [0, 0.05) is 36.7 Å². The summed E-state index contributed by atoms with van der Waals surface area (Å²) < 4.78 is 0. The Hall–Kier alpha value is -2.69. The minimum atomic E-state index is -0.466. The molecule has 1 saturated heterocycles. The molecule has 1 aliphatic rings. The average molecular weight is 324 g/mol. The van der Waals surface area contributed by atoms with E-state index in [9.17, 15) is 14.9 Å². The van der Waals surface area contributed by atoms with Crippen molar-refractivity contribution in [1.82, 2.24) is 4.90 Å². The van der Waals surface area contributed by atoms with Gasteiger partial charge in [-0.2, -0.15) is 0 Å². The lowest BCUT2D eigenvalue weighted by Crippen LogP contribution is -2.34. The van der Waals surface area contributed by atoms with E-state index in [2.05, 4.69) is 12.1 Å². The number of rotatable bonds is 3. The number of hydrogen-bond donors (Lipinski definition) is 0. The number of carbonyl (C=O) groups excluding carboxylic acids is 1. The molecular weight excluding hydrogens is 304 g/mol. The first-order chi connectivity index (χ1) is 11.6. The molecule has 2 aromatic rings. The maximum atomic E-state index is 12.8. The number of benzene rings is 2. The highest BCUT2D eigenvalue weighted by atomic mass is 16.6. The summed E-state index contributed by atoms with van der Waals surface area (Å²) in [7, 11) is 0. The Morgan fingerprint density at radius 3 is 2.62 bits per heavy atom. The maximum absolute atomic E-state index is 12.8. The smallest absolute Gasteiger partial charge is 0.270 e. The van der Waals surface area contributed by atoms with Crippen molar-refractivity contribution < 1.29 is 9.72 Å². The normalized spacial score (nSPS) is 18.0. The van der Waals surface area contributed by atoms with Crippen molar-refractivity contribution >= 4 is 11.6 Å². The fourth-order valence-electron chi connectivity index (χ4n) is 3.26. The van der Waals surface area contributed by atoms with Gasteiger partial charge < -0.3 is 4.90 Å². The summed E-state index contributed by atoms with van der Waals surface area (Å²) in [6.45, 7) is 1.36. The molecule has 5 nitrogen and oxygen atoms in total. The number of amides is 1. The molecule has 0 bridgehead atoms.